The first-order valence-electron chi connectivity index (χ1n) is 8.67. The quantitative estimate of drug-likeness (QED) is 0.839. The Morgan fingerprint density at radius 3 is 2.77 bits per heavy atom. The van der Waals surface area contributed by atoms with Crippen molar-refractivity contribution in [3.63, 3.8) is 0 Å². The first-order chi connectivity index (χ1) is 12.6. The van der Waals surface area contributed by atoms with Crippen LogP contribution in [-0.4, -0.2) is 43.1 Å². The number of ether oxygens (including phenoxy) is 1. The van der Waals surface area contributed by atoms with E-state index in [0.717, 1.165) is 6.42 Å². The van der Waals surface area contributed by atoms with E-state index < -0.39 is 0 Å². The van der Waals surface area contributed by atoms with Crippen molar-refractivity contribution in [2.45, 2.75) is 18.9 Å². The molecule has 0 spiro atoms. The minimum atomic E-state index is -0.319. The highest BCUT2D eigenvalue weighted by molar-refractivity contribution is 5.90. The molecule has 2 aromatic carbocycles. The monoisotopic (exact) mass is 353 g/mol. The number of hydrogen-bond acceptors (Lipinski definition) is 3. The molecular formula is C20H23N3O3. The third-order valence-electron chi connectivity index (χ3n) is 4.39. The molecule has 2 N–H and O–H groups in total. The van der Waals surface area contributed by atoms with Gasteiger partial charge in [-0.25, -0.2) is 4.79 Å². The van der Waals surface area contributed by atoms with E-state index >= 15 is 0 Å². The number of nitrogens with zero attached hydrogens (tertiary/aromatic N) is 1. The van der Waals surface area contributed by atoms with Crippen LogP contribution < -0.4 is 15.4 Å². The number of benzene rings is 2. The minimum Gasteiger partial charge on any atom is -0.497 e. The molecule has 3 amide bonds. The highest BCUT2D eigenvalue weighted by Crippen LogP contribution is 2.17. The number of nitrogens with one attached hydrogen (secondary N) is 2. The van der Waals surface area contributed by atoms with Gasteiger partial charge in [0.1, 0.15) is 5.75 Å². The number of carbonyl (C=O) groups excluding carboxylic acids is 2. The van der Waals surface area contributed by atoms with Crippen molar-refractivity contribution < 1.29 is 14.3 Å². The molecule has 26 heavy (non-hydrogen) atoms. The summed E-state index contributed by atoms with van der Waals surface area (Å²) in [5, 5.41) is 5.64. The molecule has 0 aliphatic carbocycles. The number of amides is 3. The molecule has 0 unspecified atom stereocenters. The van der Waals surface area contributed by atoms with Crippen molar-refractivity contribution in [1.82, 2.24) is 10.2 Å². The molecule has 136 valence electrons. The van der Waals surface area contributed by atoms with Crippen LogP contribution in [0.2, 0.25) is 0 Å². The van der Waals surface area contributed by atoms with Crippen LogP contribution >= 0.6 is 0 Å². The van der Waals surface area contributed by atoms with Crippen molar-refractivity contribution in [2.75, 3.05) is 25.5 Å². The Labute approximate surface area is 153 Å². The summed E-state index contributed by atoms with van der Waals surface area (Å²) in [6, 6.07) is 16.7. The van der Waals surface area contributed by atoms with Crippen LogP contribution in [0.1, 0.15) is 12.0 Å². The zero-order chi connectivity index (χ0) is 18.4. The van der Waals surface area contributed by atoms with Gasteiger partial charge in [0.05, 0.1) is 13.2 Å². The largest absolute Gasteiger partial charge is 0.497 e. The molecule has 1 aliphatic rings. The molecule has 1 fully saturated rings. The predicted molar refractivity (Wildman–Crippen MR) is 100 cm³/mol. The smallest absolute Gasteiger partial charge is 0.319 e. The number of methoxy groups -OCH3 is 1. The number of urea groups is 1. The lowest BCUT2D eigenvalue weighted by atomic mass is 10.1. The van der Waals surface area contributed by atoms with Gasteiger partial charge in [0, 0.05) is 31.3 Å². The third-order valence-corrected chi connectivity index (χ3v) is 4.39. The maximum Gasteiger partial charge on any atom is 0.319 e. The molecule has 0 bridgehead atoms. The standard InChI is InChI=1S/C20H23N3O3/c1-26-18-9-5-8-16(12-18)21-20(25)22-17-13-19(24)23(14-17)11-10-15-6-3-2-4-7-15/h2-9,12,17H,10-11,13-14H2,1H3,(H2,21,22,25)/t17-/m0/s1. The van der Waals surface area contributed by atoms with Crippen molar-refractivity contribution in [3.8, 4) is 5.75 Å². The van der Waals surface area contributed by atoms with Gasteiger partial charge in [-0.2, -0.15) is 0 Å². The van der Waals surface area contributed by atoms with Gasteiger partial charge >= 0.3 is 6.03 Å². The van der Waals surface area contributed by atoms with Gasteiger partial charge in [0.2, 0.25) is 5.91 Å². The summed E-state index contributed by atoms with van der Waals surface area (Å²) in [6.07, 6.45) is 1.15. The van der Waals surface area contributed by atoms with Crippen LogP contribution in [0.4, 0.5) is 10.5 Å². The molecule has 6 heteroatoms. The molecule has 3 rings (SSSR count). The summed E-state index contributed by atoms with van der Waals surface area (Å²) in [5.41, 5.74) is 1.85. The van der Waals surface area contributed by atoms with E-state index in [0.29, 0.717) is 30.9 Å². The highest BCUT2D eigenvalue weighted by Gasteiger charge is 2.30. The Balaban J connectivity index is 1.48. The number of anilines is 1. The van der Waals surface area contributed by atoms with E-state index in [-0.39, 0.29) is 18.0 Å². The molecular weight excluding hydrogens is 330 g/mol. The van der Waals surface area contributed by atoms with Crippen molar-refractivity contribution >= 4 is 17.6 Å². The Morgan fingerprint density at radius 2 is 2.00 bits per heavy atom. The van der Waals surface area contributed by atoms with Gasteiger partial charge in [-0.1, -0.05) is 36.4 Å². The fourth-order valence-corrected chi connectivity index (χ4v) is 3.05. The molecule has 1 atom stereocenters. The average Bonchev–Trinajstić information content (AvgIpc) is 3.00. The maximum absolute atomic E-state index is 12.2. The van der Waals surface area contributed by atoms with E-state index in [1.165, 1.54) is 5.56 Å². The lowest BCUT2D eigenvalue weighted by molar-refractivity contribution is -0.127. The van der Waals surface area contributed by atoms with Gasteiger partial charge in [-0.05, 0) is 24.1 Å². The third kappa shape index (κ3) is 4.75. The number of likely N-dealkylation sites (tertiary alicyclic amines) is 1. The normalized spacial score (nSPS) is 16.4. The van der Waals surface area contributed by atoms with Gasteiger partial charge < -0.3 is 20.3 Å². The molecule has 1 saturated heterocycles. The van der Waals surface area contributed by atoms with Crippen LogP contribution in [0.15, 0.2) is 54.6 Å². The summed E-state index contributed by atoms with van der Waals surface area (Å²) in [5.74, 6) is 0.749. The van der Waals surface area contributed by atoms with E-state index in [1.54, 1.807) is 25.3 Å². The van der Waals surface area contributed by atoms with Crippen LogP contribution in [0, 0.1) is 0 Å². The zero-order valence-corrected chi connectivity index (χ0v) is 14.8. The second kappa shape index (κ2) is 8.38. The van der Waals surface area contributed by atoms with Gasteiger partial charge in [-0.15, -0.1) is 0 Å². The van der Waals surface area contributed by atoms with Crippen molar-refractivity contribution in [2.24, 2.45) is 0 Å². The number of hydrogen-bond donors (Lipinski definition) is 2. The lowest BCUT2D eigenvalue weighted by Gasteiger charge is -2.17. The molecule has 1 heterocycles. The first kappa shape index (κ1) is 17.8. The average molecular weight is 353 g/mol. The second-order valence-corrected chi connectivity index (χ2v) is 6.31. The first-order valence-corrected chi connectivity index (χ1v) is 8.67. The molecule has 0 radical (unpaired) electrons. The summed E-state index contributed by atoms with van der Waals surface area (Å²) in [6.45, 7) is 1.20. The topological polar surface area (TPSA) is 70.7 Å². The highest BCUT2D eigenvalue weighted by atomic mass is 16.5. The van der Waals surface area contributed by atoms with Crippen molar-refractivity contribution in [1.29, 1.82) is 0 Å². The predicted octanol–water partition coefficient (Wildman–Crippen LogP) is 2.66. The Hall–Kier alpha value is -3.02. The van der Waals surface area contributed by atoms with Crippen LogP contribution in [0.5, 0.6) is 5.75 Å². The SMILES string of the molecule is COc1cccc(NC(=O)N[C@H]2CC(=O)N(CCc3ccccc3)C2)c1. The molecule has 0 aromatic heterocycles. The summed E-state index contributed by atoms with van der Waals surface area (Å²) in [4.78, 5) is 26.1. The second-order valence-electron chi connectivity index (χ2n) is 6.31. The molecule has 1 aliphatic heterocycles. The maximum atomic E-state index is 12.2. The van der Waals surface area contributed by atoms with Gasteiger partial charge in [0.25, 0.3) is 0 Å². The summed E-state index contributed by atoms with van der Waals surface area (Å²) in [7, 11) is 1.58. The minimum absolute atomic E-state index is 0.0765. The molecule has 2 aromatic rings. The Bertz CT molecular complexity index is 764. The molecule has 0 saturated carbocycles. The van der Waals surface area contributed by atoms with E-state index in [9.17, 15) is 9.59 Å². The van der Waals surface area contributed by atoms with Crippen LogP contribution in [-0.2, 0) is 11.2 Å². The Kier molecular flexibility index (Phi) is 5.73. The zero-order valence-electron chi connectivity index (χ0n) is 14.8. The summed E-state index contributed by atoms with van der Waals surface area (Å²) < 4.78 is 5.14. The Morgan fingerprint density at radius 1 is 1.19 bits per heavy atom. The van der Waals surface area contributed by atoms with E-state index in [4.69, 9.17) is 4.74 Å². The van der Waals surface area contributed by atoms with Gasteiger partial charge in [-0.3, -0.25) is 4.79 Å². The van der Waals surface area contributed by atoms with E-state index in [1.807, 2.05) is 29.2 Å². The van der Waals surface area contributed by atoms with Gasteiger partial charge in [0.15, 0.2) is 0 Å². The fraction of sp³-hybridized carbons (Fsp3) is 0.300. The molecule has 6 nitrogen and oxygen atoms in total. The fourth-order valence-electron chi connectivity index (χ4n) is 3.05. The van der Waals surface area contributed by atoms with Crippen molar-refractivity contribution in [3.05, 3.63) is 60.2 Å². The van der Waals surface area contributed by atoms with Crippen LogP contribution in [0.3, 0.4) is 0 Å². The summed E-state index contributed by atoms with van der Waals surface area (Å²) >= 11 is 0. The van der Waals surface area contributed by atoms with E-state index in [2.05, 4.69) is 22.8 Å². The number of rotatable bonds is 6. The van der Waals surface area contributed by atoms with Crippen LogP contribution in [0.25, 0.3) is 0 Å². The lowest BCUT2D eigenvalue weighted by Crippen LogP contribution is -2.40. The number of carbonyl (C=O) groups is 2.